The van der Waals surface area contributed by atoms with Crippen molar-refractivity contribution in [1.29, 1.82) is 5.26 Å². The Labute approximate surface area is 160 Å². The van der Waals surface area contributed by atoms with Gasteiger partial charge in [-0.15, -0.1) is 11.3 Å². The summed E-state index contributed by atoms with van der Waals surface area (Å²) in [5.74, 6) is 0.789. The lowest BCUT2D eigenvalue weighted by molar-refractivity contribution is 0.231. The van der Waals surface area contributed by atoms with Gasteiger partial charge in [0, 0.05) is 40.6 Å². The number of aromatic nitrogens is 4. The van der Waals surface area contributed by atoms with Gasteiger partial charge < -0.3 is 9.72 Å². The van der Waals surface area contributed by atoms with Crippen molar-refractivity contribution in [2.45, 2.75) is 26.8 Å². The predicted octanol–water partition coefficient (Wildman–Crippen LogP) is 4.43. The second-order valence-electron chi connectivity index (χ2n) is 6.68. The molecule has 6 nitrogen and oxygen atoms in total. The van der Waals surface area contributed by atoms with Crippen LogP contribution in [-0.4, -0.2) is 26.4 Å². The summed E-state index contributed by atoms with van der Waals surface area (Å²) in [6.45, 7) is 5.56. The van der Waals surface area contributed by atoms with Gasteiger partial charge in [-0.3, -0.25) is 0 Å². The summed E-state index contributed by atoms with van der Waals surface area (Å²) in [5, 5.41) is 15.3. The number of pyridine rings is 1. The van der Waals surface area contributed by atoms with Gasteiger partial charge in [0.25, 0.3) is 0 Å². The minimum Gasteiger partial charge on any atom is -0.477 e. The van der Waals surface area contributed by atoms with Crippen LogP contribution in [0.4, 0.5) is 0 Å². The average Bonchev–Trinajstić information content (AvgIpc) is 3.32. The van der Waals surface area contributed by atoms with E-state index >= 15 is 0 Å². The van der Waals surface area contributed by atoms with E-state index in [0.29, 0.717) is 11.5 Å². The third kappa shape index (κ3) is 2.37. The highest BCUT2D eigenvalue weighted by atomic mass is 32.1. The van der Waals surface area contributed by atoms with Crippen LogP contribution >= 0.6 is 11.3 Å². The molecule has 1 aliphatic heterocycles. The first kappa shape index (κ1) is 16.1. The molecular weight excluding hydrogens is 358 g/mol. The van der Waals surface area contributed by atoms with Gasteiger partial charge in [0.1, 0.15) is 16.6 Å². The monoisotopic (exact) mass is 375 g/mol. The first-order valence-electron chi connectivity index (χ1n) is 8.85. The number of thiophene rings is 1. The molecular formula is C20H17N5OS. The number of aryl methyl sites for hydroxylation is 3. The Kier molecular flexibility index (Phi) is 3.55. The van der Waals surface area contributed by atoms with E-state index in [1.807, 2.05) is 30.7 Å². The number of H-pyrrole nitrogens is 1. The van der Waals surface area contributed by atoms with Gasteiger partial charge in [0.2, 0.25) is 5.88 Å². The Morgan fingerprint density at radius 3 is 3.07 bits per heavy atom. The third-order valence-corrected chi connectivity index (χ3v) is 5.84. The minimum atomic E-state index is 0.687. The van der Waals surface area contributed by atoms with Crippen molar-refractivity contribution < 1.29 is 4.74 Å². The topological polar surface area (TPSA) is 79.5 Å². The van der Waals surface area contributed by atoms with E-state index in [0.717, 1.165) is 62.8 Å². The van der Waals surface area contributed by atoms with Crippen LogP contribution in [0.1, 0.15) is 21.9 Å². The molecule has 134 valence electrons. The van der Waals surface area contributed by atoms with Crippen LogP contribution in [0.3, 0.4) is 0 Å². The molecule has 4 aromatic heterocycles. The lowest BCUT2D eigenvalue weighted by atomic mass is 9.99. The molecule has 0 radical (unpaired) electrons. The van der Waals surface area contributed by atoms with Crippen LogP contribution in [0.5, 0.6) is 5.88 Å². The second-order valence-corrected chi connectivity index (χ2v) is 7.93. The zero-order chi connectivity index (χ0) is 18.5. The van der Waals surface area contributed by atoms with E-state index in [-0.39, 0.29) is 0 Å². The van der Waals surface area contributed by atoms with Crippen LogP contribution in [0.25, 0.3) is 33.4 Å². The number of nitrogens with one attached hydrogen (secondary N) is 1. The molecule has 4 aromatic rings. The van der Waals surface area contributed by atoms with Gasteiger partial charge in [-0.1, -0.05) is 0 Å². The first-order chi connectivity index (χ1) is 13.2. The normalized spacial score (nSPS) is 13.4. The van der Waals surface area contributed by atoms with E-state index in [4.69, 9.17) is 4.74 Å². The highest BCUT2D eigenvalue weighted by Crippen LogP contribution is 2.45. The molecule has 0 saturated carbocycles. The third-order valence-electron chi connectivity index (χ3n) is 4.88. The van der Waals surface area contributed by atoms with Crippen molar-refractivity contribution in [3.05, 3.63) is 39.8 Å². The Balaban J connectivity index is 1.87. The van der Waals surface area contributed by atoms with Crippen LogP contribution < -0.4 is 4.74 Å². The lowest BCUT2D eigenvalue weighted by Crippen LogP contribution is -2.15. The van der Waals surface area contributed by atoms with E-state index in [1.54, 1.807) is 6.20 Å². The Morgan fingerprint density at radius 1 is 1.33 bits per heavy atom. The second kappa shape index (κ2) is 5.96. The summed E-state index contributed by atoms with van der Waals surface area (Å²) in [5.41, 5.74) is 5.50. The maximum absolute atomic E-state index is 9.66. The minimum absolute atomic E-state index is 0.687. The molecule has 0 amide bonds. The largest absolute Gasteiger partial charge is 0.477 e. The molecule has 7 heteroatoms. The summed E-state index contributed by atoms with van der Waals surface area (Å²) in [6.07, 6.45) is 2.73. The van der Waals surface area contributed by atoms with Crippen molar-refractivity contribution in [3.63, 3.8) is 0 Å². The highest BCUT2D eigenvalue weighted by molar-refractivity contribution is 7.13. The average molecular weight is 375 g/mol. The summed E-state index contributed by atoms with van der Waals surface area (Å²) in [6, 6.07) is 8.39. The van der Waals surface area contributed by atoms with Crippen molar-refractivity contribution in [1.82, 2.24) is 19.7 Å². The maximum Gasteiger partial charge on any atom is 0.221 e. The van der Waals surface area contributed by atoms with E-state index < -0.39 is 0 Å². The van der Waals surface area contributed by atoms with Gasteiger partial charge in [0.05, 0.1) is 23.6 Å². The van der Waals surface area contributed by atoms with Gasteiger partial charge >= 0.3 is 0 Å². The number of nitriles is 1. The Bertz CT molecular complexity index is 1220. The SMILES string of the molecule is Cc1cc(-c2c(-c3c(C)nn4c3OCCC4)[nH]c3ncccc23)c(C#N)s1. The van der Waals surface area contributed by atoms with Crippen molar-refractivity contribution >= 4 is 22.4 Å². The van der Waals surface area contributed by atoms with E-state index in [2.05, 4.69) is 27.2 Å². The molecule has 0 fully saturated rings. The zero-order valence-corrected chi connectivity index (χ0v) is 15.9. The molecule has 0 aliphatic carbocycles. The number of aromatic amines is 1. The van der Waals surface area contributed by atoms with E-state index in [9.17, 15) is 5.26 Å². The number of hydrogen-bond donors (Lipinski definition) is 1. The van der Waals surface area contributed by atoms with Crippen LogP contribution in [-0.2, 0) is 6.54 Å². The Hall–Kier alpha value is -3.11. The van der Waals surface area contributed by atoms with E-state index in [1.165, 1.54) is 11.3 Å². The molecule has 5 rings (SSSR count). The summed E-state index contributed by atoms with van der Waals surface area (Å²) >= 11 is 1.51. The fourth-order valence-electron chi connectivity index (χ4n) is 3.80. The summed E-state index contributed by atoms with van der Waals surface area (Å²) in [4.78, 5) is 9.78. The molecule has 1 N–H and O–H groups in total. The fraction of sp³-hybridized carbons (Fsp3) is 0.250. The molecule has 0 atom stereocenters. The summed E-state index contributed by atoms with van der Waals surface area (Å²) < 4.78 is 7.91. The molecule has 27 heavy (non-hydrogen) atoms. The molecule has 0 bridgehead atoms. The van der Waals surface area contributed by atoms with Gasteiger partial charge in [-0.2, -0.15) is 10.4 Å². The molecule has 0 spiro atoms. The predicted molar refractivity (Wildman–Crippen MR) is 105 cm³/mol. The van der Waals surface area contributed by atoms with Crippen LogP contribution in [0.15, 0.2) is 24.4 Å². The number of hydrogen-bond acceptors (Lipinski definition) is 5. The van der Waals surface area contributed by atoms with Gasteiger partial charge in [0.15, 0.2) is 0 Å². The fourth-order valence-corrected chi connectivity index (χ4v) is 4.62. The highest BCUT2D eigenvalue weighted by Gasteiger charge is 2.27. The maximum atomic E-state index is 9.66. The number of nitrogens with zero attached hydrogens (tertiary/aromatic N) is 4. The van der Waals surface area contributed by atoms with Crippen molar-refractivity contribution in [2.75, 3.05) is 6.61 Å². The smallest absolute Gasteiger partial charge is 0.221 e. The molecule has 0 unspecified atom stereocenters. The molecule has 0 saturated heterocycles. The van der Waals surface area contributed by atoms with Crippen LogP contribution in [0, 0.1) is 25.2 Å². The number of ether oxygens (including phenoxy) is 1. The summed E-state index contributed by atoms with van der Waals surface area (Å²) in [7, 11) is 0. The zero-order valence-electron chi connectivity index (χ0n) is 15.0. The molecule has 1 aliphatic rings. The van der Waals surface area contributed by atoms with Gasteiger partial charge in [-0.25, -0.2) is 9.67 Å². The standard InChI is InChI=1S/C20H17N5OS/c1-11-9-14(15(10-21)27-11)17-13-5-3-6-22-19(13)23-18(17)16-12(2)24-25-7-4-8-26-20(16)25/h3,5-6,9H,4,7-8H2,1-2H3,(H,22,23). The van der Waals surface area contributed by atoms with Crippen LogP contribution in [0.2, 0.25) is 0 Å². The van der Waals surface area contributed by atoms with Crippen molar-refractivity contribution in [2.24, 2.45) is 0 Å². The van der Waals surface area contributed by atoms with Gasteiger partial charge in [-0.05, 0) is 32.0 Å². The molecule has 5 heterocycles. The number of fused-ring (bicyclic) bond motifs is 2. The first-order valence-corrected chi connectivity index (χ1v) is 9.67. The van der Waals surface area contributed by atoms with Crippen molar-refractivity contribution in [3.8, 4) is 34.3 Å². The lowest BCUT2D eigenvalue weighted by Gasteiger charge is -2.16. The quantitative estimate of drug-likeness (QED) is 0.562. The Morgan fingerprint density at radius 2 is 2.22 bits per heavy atom. The molecule has 0 aromatic carbocycles. The number of rotatable bonds is 2.